The second kappa shape index (κ2) is 5.65. The minimum atomic E-state index is -4.71. The highest BCUT2D eigenvalue weighted by Crippen LogP contribution is 2.23. The van der Waals surface area contributed by atoms with Crippen LogP contribution in [0, 0.1) is 0 Å². The lowest BCUT2D eigenvalue weighted by molar-refractivity contribution is -0.169. The molecule has 18 heavy (non-hydrogen) atoms. The third-order valence-electron chi connectivity index (χ3n) is 2.06. The van der Waals surface area contributed by atoms with Crippen LogP contribution in [0.3, 0.4) is 0 Å². The Morgan fingerprint density at radius 3 is 2.78 bits per heavy atom. The molecule has 0 spiro atoms. The van der Waals surface area contributed by atoms with Crippen LogP contribution < -0.4 is 10.1 Å². The number of methoxy groups -OCH3 is 1. The fourth-order valence-electron chi connectivity index (χ4n) is 1.13. The van der Waals surface area contributed by atoms with Gasteiger partial charge in [-0.25, -0.2) is 13.8 Å². The summed E-state index contributed by atoms with van der Waals surface area (Å²) in [6.45, 7) is -0.377. The topological polar surface area (TPSA) is 51.2 Å². The van der Waals surface area contributed by atoms with Crippen LogP contribution in [-0.2, 0) is 11.3 Å². The summed E-state index contributed by atoms with van der Waals surface area (Å²) in [5.74, 6) is -6.63. The van der Waals surface area contributed by atoms with Crippen molar-refractivity contribution in [1.82, 2.24) is 10.3 Å². The Morgan fingerprint density at radius 2 is 2.22 bits per heavy atom. The Kier molecular flexibility index (Phi) is 4.46. The third kappa shape index (κ3) is 3.08. The number of nitrogens with one attached hydrogen (secondary N) is 1. The molecule has 8 heteroatoms. The zero-order valence-corrected chi connectivity index (χ0v) is 9.29. The molecular formula is C10H10F4N2O2. The first-order valence-electron chi connectivity index (χ1n) is 4.81. The molecule has 1 heterocycles. The van der Waals surface area contributed by atoms with E-state index in [0.717, 1.165) is 0 Å². The number of nitrogens with zero attached hydrogens (tertiary/aromatic N) is 1. The summed E-state index contributed by atoms with van der Waals surface area (Å²) in [6.07, 6.45) is -2.65. The van der Waals surface area contributed by atoms with Gasteiger partial charge in [-0.05, 0) is 6.07 Å². The van der Waals surface area contributed by atoms with Gasteiger partial charge < -0.3 is 10.1 Å². The minimum absolute atomic E-state index is 0.123. The molecule has 0 aliphatic rings. The Hall–Kier alpha value is -1.86. The molecule has 0 fully saturated rings. The summed E-state index contributed by atoms with van der Waals surface area (Å²) < 4.78 is 53.8. The first kappa shape index (κ1) is 14.2. The number of carbonyl (C=O) groups excluding carboxylic acids is 1. The lowest BCUT2D eigenvalue weighted by Crippen LogP contribution is -2.44. The van der Waals surface area contributed by atoms with Crippen molar-refractivity contribution in [1.29, 1.82) is 0 Å². The Bertz CT molecular complexity index is 426. The minimum Gasteiger partial charge on any atom is -0.481 e. The van der Waals surface area contributed by atoms with Crippen LogP contribution in [0.15, 0.2) is 18.3 Å². The number of pyridine rings is 1. The number of aromatic nitrogens is 1. The summed E-state index contributed by atoms with van der Waals surface area (Å²) in [5, 5.41) is 1.71. The van der Waals surface area contributed by atoms with Crippen molar-refractivity contribution >= 4 is 5.91 Å². The van der Waals surface area contributed by atoms with Crippen molar-refractivity contribution in [3.8, 4) is 5.88 Å². The molecule has 0 aliphatic carbocycles. The van der Waals surface area contributed by atoms with Gasteiger partial charge in [0.2, 0.25) is 5.88 Å². The van der Waals surface area contributed by atoms with Gasteiger partial charge in [-0.3, -0.25) is 4.79 Å². The lowest BCUT2D eigenvalue weighted by atomic mass is 10.2. The predicted octanol–water partition coefficient (Wildman–Crippen LogP) is 1.61. The molecule has 1 N–H and O–H groups in total. The summed E-state index contributed by atoms with van der Waals surface area (Å²) in [5.41, 5.74) is 0.304. The summed E-state index contributed by atoms with van der Waals surface area (Å²) in [7, 11) is 1.31. The number of amides is 1. The molecule has 4 nitrogen and oxygen atoms in total. The van der Waals surface area contributed by atoms with Crippen molar-refractivity contribution in [2.45, 2.75) is 18.9 Å². The second-order valence-electron chi connectivity index (χ2n) is 3.28. The quantitative estimate of drug-likeness (QED) is 0.824. The highest BCUT2D eigenvalue weighted by molar-refractivity contribution is 5.83. The van der Waals surface area contributed by atoms with E-state index in [4.69, 9.17) is 4.74 Å². The molecule has 0 aromatic carbocycles. The van der Waals surface area contributed by atoms with E-state index in [1.54, 1.807) is 5.32 Å². The molecule has 100 valence electrons. The Morgan fingerprint density at radius 1 is 1.56 bits per heavy atom. The molecule has 0 radical (unpaired) electrons. The highest BCUT2D eigenvalue weighted by Gasteiger charge is 2.48. The lowest BCUT2D eigenvalue weighted by Gasteiger charge is -2.15. The van der Waals surface area contributed by atoms with Gasteiger partial charge in [-0.1, -0.05) is 6.07 Å². The van der Waals surface area contributed by atoms with Crippen molar-refractivity contribution < 1.29 is 27.1 Å². The summed E-state index contributed by atoms with van der Waals surface area (Å²) in [6, 6.07) is 2.96. The van der Waals surface area contributed by atoms with Crippen LogP contribution in [0.2, 0.25) is 0 Å². The molecule has 0 saturated heterocycles. The largest absolute Gasteiger partial charge is 0.481 e. The van der Waals surface area contributed by atoms with E-state index in [1.807, 2.05) is 0 Å². The number of carbonyl (C=O) groups is 1. The molecular weight excluding hydrogens is 256 g/mol. The first-order valence-corrected chi connectivity index (χ1v) is 4.81. The smallest absolute Gasteiger partial charge is 0.383 e. The first-order chi connectivity index (χ1) is 8.39. The van der Waals surface area contributed by atoms with Crippen molar-refractivity contribution in [3.05, 3.63) is 23.9 Å². The maximum Gasteiger partial charge on any atom is 0.383 e. The fraction of sp³-hybridized carbons (Fsp3) is 0.400. The van der Waals surface area contributed by atoms with Crippen molar-refractivity contribution in [2.75, 3.05) is 7.11 Å². The van der Waals surface area contributed by atoms with E-state index >= 15 is 0 Å². The molecule has 0 atom stereocenters. The molecule has 1 aromatic rings. The molecule has 0 unspecified atom stereocenters. The molecule has 1 aromatic heterocycles. The monoisotopic (exact) mass is 266 g/mol. The van der Waals surface area contributed by atoms with E-state index in [1.165, 1.54) is 25.4 Å². The standard InChI is InChI=1S/C10H10F4N2O2/c1-18-7-6(3-2-4-15-7)5-16-9(17)10(13,14)8(11)12/h2-4,8H,5H2,1H3,(H,16,17). The van der Waals surface area contributed by atoms with E-state index in [9.17, 15) is 22.4 Å². The summed E-state index contributed by atoms with van der Waals surface area (Å²) >= 11 is 0. The van der Waals surface area contributed by atoms with E-state index in [0.29, 0.717) is 5.56 Å². The van der Waals surface area contributed by atoms with E-state index in [2.05, 4.69) is 4.98 Å². The van der Waals surface area contributed by atoms with Gasteiger partial charge in [0.25, 0.3) is 5.91 Å². The van der Waals surface area contributed by atoms with Crippen molar-refractivity contribution in [2.24, 2.45) is 0 Å². The van der Waals surface area contributed by atoms with Crippen LogP contribution in [0.4, 0.5) is 17.6 Å². The molecule has 0 saturated carbocycles. The molecule has 1 rings (SSSR count). The number of hydrogen-bond donors (Lipinski definition) is 1. The molecule has 0 aliphatic heterocycles. The average molecular weight is 266 g/mol. The SMILES string of the molecule is COc1ncccc1CNC(=O)C(F)(F)C(F)F. The van der Waals surface area contributed by atoms with Crippen molar-refractivity contribution in [3.63, 3.8) is 0 Å². The number of rotatable bonds is 5. The normalized spacial score (nSPS) is 11.4. The van der Waals surface area contributed by atoms with E-state index in [-0.39, 0.29) is 12.4 Å². The number of ether oxygens (including phenoxy) is 1. The Balaban J connectivity index is 2.68. The van der Waals surface area contributed by atoms with Crippen LogP contribution in [-0.4, -0.2) is 30.3 Å². The van der Waals surface area contributed by atoms with Gasteiger partial charge in [-0.15, -0.1) is 0 Å². The number of alkyl halides is 4. The third-order valence-corrected chi connectivity index (χ3v) is 2.06. The maximum absolute atomic E-state index is 12.6. The van der Waals surface area contributed by atoms with Crippen LogP contribution in [0.5, 0.6) is 5.88 Å². The van der Waals surface area contributed by atoms with E-state index < -0.39 is 18.3 Å². The van der Waals surface area contributed by atoms with Crippen LogP contribution in [0.25, 0.3) is 0 Å². The number of halogens is 4. The fourth-order valence-corrected chi connectivity index (χ4v) is 1.13. The Labute approximate surface area is 100.0 Å². The number of hydrogen-bond acceptors (Lipinski definition) is 3. The molecule has 0 bridgehead atoms. The average Bonchev–Trinajstić information content (AvgIpc) is 2.35. The van der Waals surface area contributed by atoms with Gasteiger partial charge in [0.1, 0.15) is 0 Å². The molecule has 1 amide bonds. The van der Waals surface area contributed by atoms with Gasteiger partial charge >= 0.3 is 12.3 Å². The zero-order valence-electron chi connectivity index (χ0n) is 9.29. The predicted molar refractivity (Wildman–Crippen MR) is 53.6 cm³/mol. The van der Waals surface area contributed by atoms with Gasteiger partial charge in [-0.2, -0.15) is 8.78 Å². The van der Waals surface area contributed by atoms with Crippen LogP contribution in [0.1, 0.15) is 5.56 Å². The zero-order chi connectivity index (χ0) is 13.8. The second-order valence-corrected chi connectivity index (χ2v) is 3.28. The maximum atomic E-state index is 12.6. The van der Waals surface area contributed by atoms with Crippen LogP contribution >= 0.6 is 0 Å². The van der Waals surface area contributed by atoms with Gasteiger partial charge in [0, 0.05) is 18.3 Å². The van der Waals surface area contributed by atoms with Gasteiger partial charge in [0.05, 0.1) is 7.11 Å². The van der Waals surface area contributed by atoms with Gasteiger partial charge in [0.15, 0.2) is 0 Å². The summed E-state index contributed by atoms with van der Waals surface area (Å²) in [4.78, 5) is 14.6. The highest BCUT2D eigenvalue weighted by atomic mass is 19.3.